The van der Waals surface area contributed by atoms with Crippen molar-refractivity contribution < 1.29 is 9.53 Å². The third-order valence-electron chi connectivity index (χ3n) is 4.65. The molecule has 2 fully saturated rings. The normalized spacial score (nSPS) is 29.6. The van der Waals surface area contributed by atoms with Crippen LogP contribution in [0.25, 0.3) is 0 Å². The maximum atomic E-state index is 12.2. The van der Waals surface area contributed by atoms with Gasteiger partial charge in [0.2, 0.25) is 5.91 Å². The summed E-state index contributed by atoms with van der Waals surface area (Å²) in [6, 6.07) is -0.186. The molecule has 0 aromatic heterocycles. The van der Waals surface area contributed by atoms with Gasteiger partial charge in [0.15, 0.2) is 0 Å². The highest BCUT2D eigenvalue weighted by Gasteiger charge is 2.34. The van der Waals surface area contributed by atoms with Crippen molar-refractivity contribution in [1.29, 1.82) is 0 Å². The van der Waals surface area contributed by atoms with Gasteiger partial charge in [0, 0.05) is 13.1 Å². The van der Waals surface area contributed by atoms with Crippen LogP contribution in [0.15, 0.2) is 0 Å². The van der Waals surface area contributed by atoms with E-state index >= 15 is 0 Å². The third kappa shape index (κ3) is 4.07. The van der Waals surface area contributed by atoms with Gasteiger partial charge in [-0.05, 0) is 31.6 Å². The number of carbonyl (C=O) groups is 1. The Kier molecular flexibility index (Phi) is 6.57. The van der Waals surface area contributed by atoms with E-state index in [4.69, 9.17) is 4.74 Å². The zero-order valence-corrected chi connectivity index (χ0v) is 12.9. The number of halogens is 1. The Bertz CT molecular complexity index is 293. The molecule has 1 heterocycles. The summed E-state index contributed by atoms with van der Waals surface area (Å²) in [5.74, 6) is 0.0990. The molecule has 112 valence electrons. The van der Waals surface area contributed by atoms with Gasteiger partial charge in [-0.25, -0.2) is 0 Å². The van der Waals surface area contributed by atoms with Gasteiger partial charge in [-0.2, -0.15) is 0 Å². The van der Waals surface area contributed by atoms with Crippen molar-refractivity contribution in [3.8, 4) is 0 Å². The highest BCUT2D eigenvalue weighted by Crippen LogP contribution is 2.40. The van der Waals surface area contributed by atoms with Crippen LogP contribution in [0.4, 0.5) is 0 Å². The van der Waals surface area contributed by atoms with Crippen LogP contribution in [-0.4, -0.2) is 37.7 Å². The first kappa shape index (κ1) is 16.7. The second-order valence-corrected chi connectivity index (χ2v) is 5.79. The van der Waals surface area contributed by atoms with Crippen LogP contribution in [0, 0.1) is 5.41 Å². The maximum Gasteiger partial charge on any atom is 0.239 e. The summed E-state index contributed by atoms with van der Waals surface area (Å²) in [6.07, 6.45) is 6.27. The molecular weight excluding hydrogens is 264 g/mol. The van der Waals surface area contributed by atoms with Crippen molar-refractivity contribution in [2.24, 2.45) is 5.41 Å². The standard InChI is InChI=1S/C14H26N2O2.ClH/c1-3-14(6-4-5-7-14)10-16-13(17)12-11(2)18-9-8-15-12;/h11-12,15H,3-10H2,1-2H3,(H,16,17);1H/t11-,12+;/m1./s1. The summed E-state index contributed by atoms with van der Waals surface area (Å²) in [5, 5.41) is 6.37. The van der Waals surface area contributed by atoms with Crippen molar-refractivity contribution in [1.82, 2.24) is 10.6 Å². The highest BCUT2D eigenvalue weighted by molar-refractivity contribution is 5.85. The molecule has 1 aliphatic carbocycles. The molecular formula is C14H27ClN2O2. The molecule has 2 atom stereocenters. The SMILES string of the molecule is CCC1(CNC(=O)[C@H]2NCCO[C@@H]2C)CCCC1.Cl. The second kappa shape index (κ2) is 7.46. The number of hydrogen-bond acceptors (Lipinski definition) is 3. The van der Waals surface area contributed by atoms with Gasteiger partial charge in [0.25, 0.3) is 0 Å². The van der Waals surface area contributed by atoms with Crippen molar-refractivity contribution >= 4 is 18.3 Å². The van der Waals surface area contributed by atoms with E-state index in [1.165, 1.54) is 25.7 Å². The second-order valence-electron chi connectivity index (χ2n) is 5.79. The summed E-state index contributed by atoms with van der Waals surface area (Å²) in [7, 11) is 0. The Morgan fingerprint density at radius 2 is 2.11 bits per heavy atom. The lowest BCUT2D eigenvalue weighted by Gasteiger charge is -2.32. The lowest BCUT2D eigenvalue weighted by atomic mass is 9.83. The Balaban J connectivity index is 0.00000180. The molecule has 0 unspecified atom stereocenters. The predicted molar refractivity (Wildman–Crippen MR) is 78.7 cm³/mol. The molecule has 1 saturated carbocycles. The molecule has 5 heteroatoms. The number of hydrogen-bond donors (Lipinski definition) is 2. The number of morpholine rings is 1. The Hall–Kier alpha value is -0.320. The van der Waals surface area contributed by atoms with E-state index in [0.29, 0.717) is 12.0 Å². The largest absolute Gasteiger partial charge is 0.375 e. The van der Waals surface area contributed by atoms with Crippen LogP contribution < -0.4 is 10.6 Å². The van der Waals surface area contributed by atoms with Gasteiger partial charge in [-0.15, -0.1) is 12.4 Å². The van der Waals surface area contributed by atoms with Gasteiger partial charge in [-0.1, -0.05) is 19.8 Å². The van der Waals surface area contributed by atoms with Crippen molar-refractivity contribution in [3.63, 3.8) is 0 Å². The number of ether oxygens (including phenoxy) is 1. The fraction of sp³-hybridized carbons (Fsp3) is 0.929. The lowest BCUT2D eigenvalue weighted by molar-refractivity contribution is -0.129. The van der Waals surface area contributed by atoms with Gasteiger partial charge in [0.05, 0.1) is 12.7 Å². The molecule has 19 heavy (non-hydrogen) atoms. The summed E-state index contributed by atoms with van der Waals surface area (Å²) in [6.45, 7) is 6.49. The Labute approximate surface area is 122 Å². The summed E-state index contributed by atoms with van der Waals surface area (Å²) in [5.41, 5.74) is 0.356. The highest BCUT2D eigenvalue weighted by atomic mass is 35.5. The smallest absolute Gasteiger partial charge is 0.239 e. The minimum atomic E-state index is -0.186. The van der Waals surface area contributed by atoms with Crippen LogP contribution in [0.5, 0.6) is 0 Å². The fourth-order valence-corrected chi connectivity index (χ4v) is 3.19. The summed E-state index contributed by atoms with van der Waals surface area (Å²) in [4.78, 5) is 12.2. The zero-order chi connectivity index (χ0) is 13.0. The fourth-order valence-electron chi connectivity index (χ4n) is 3.19. The van der Waals surface area contributed by atoms with Gasteiger partial charge >= 0.3 is 0 Å². The first-order valence-electron chi connectivity index (χ1n) is 7.29. The number of amides is 1. The third-order valence-corrected chi connectivity index (χ3v) is 4.65. The van der Waals surface area contributed by atoms with E-state index in [2.05, 4.69) is 17.6 Å². The molecule has 0 bridgehead atoms. The minimum absolute atomic E-state index is 0. The van der Waals surface area contributed by atoms with Crippen LogP contribution in [0.2, 0.25) is 0 Å². The molecule has 1 saturated heterocycles. The lowest BCUT2D eigenvalue weighted by Crippen LogP contribution is -2.56. The predicted octanol–water partition coefficient (Wildman–Crippen LogP) is 1.87. The van der Waals surface area contributed by atoms with Crippen LogP contribution >= 0.6 is 12.4 Å². The van der Waals surface area contributed by atoms with Crippen LogP contribution in [0.1, 0.15) is 46.0 Å². The summed E-state index contributed by atoms with van der Waals surface area (Å²) >= 11 is 0. The molecule has 0 spiro atoms. The van der Waals surface area contributed by atoms with E-state index in [9.17, 15) is 4.79 Å². The van der Waals surface area contributed by atoms with Crippen molar-refractivity contribution in [2.45, 2.75) is 58.1 Å². The average molecular weight is 291 g/mol. The first-order valence-corrected chi connectivity index (χ1v) is 7.29. The molecule has 0 aromatic rings. The maximum absolute atomic E-state index is 12.2. The molecule has 1 amide bonds. The van der Waals surface area contributed by atoms with Gasteiger partial charge in [-0.3, -0.25) is 4.79 Å². The minimum Gasteiger partial charge on any atom is -0.375 e. The monoisotopic (exact) mass is 290 g/mol. The quantitative estimate of drug-likeness (QED) is 0.831. The molecule has 0 radical (unpaired) electrons. The van der Waals surface area contributed by atoms with Crippen LogP contribution in [-0.2, 0) is 9.53 Å². The average Bonchev–Trinajstić information content (AvgIpc) is 2.86. The van der Waals surface area contributed by atoms with Gasteiger partial charge < -0.3 is 15.4 Å². The number of nitrogens with one attached hydrogen (secondary N) is 2. The number of rotatable bonds is 4. The van der Waals surface area contributed by atoms with E-state index in [0.717, 1.165) is 19.5 Å². The zero-order valence-electron chi connectivity index (χ0n) is 12.0. The molecule has 1 aliphatic heterocycles. The van der Waals surface area contributed by atoms with E-state index in [-0.39, 0.29) is 30.5 Å². The number of carbonyl (C=O) groups excluding carboxylic acids is 1. The first-order chi connectivity index (χ1) is 8.67. The van der Waals surface area contributed by atoms with Crippen molar-refractivity contribution in [2.75, 3.05) is 19.7 Å². The molecule has 2 rings (SSSR count). The Morgan fingerprint density at radius 1 is 1.42 bits per heavy atom. The van der Waals surface area contributed by atoms with Gasteiger partial charge in [0.1, 0.15) is 6.04 Å². The molecule has 2 N–H and O–H groups in total. The Morgan fingerprint density at radius 3 is 2.68 bits per heavy atom. The summed E-state index contributed by atoms with van der Waals surface area (Å²) < 4.78 is 5.51. The molecule has 0 aromatic carbocycles. The van der Waals surface area contributed by atoms with Crippen molar-refractivity contribution in [3.05, 3.63) is 0 Å². The van der Waals surface area contributed by atoms with E-state index < -0.39 is 0 Å². The van der Waals surface area contributed by atoms with E-state index in [1.54, 1.807) is 0 Å². The molecule has 2 aliphatic rings. The molecule has 4 nitrogen and oxygen atoms in total. The van der Waals surface area contributed by atoms with E-state index in [1.807, 2.05) is 6.92 Å². The topological polar surface area (TPSA) is 50.4 Å². The van der Waals surface area contributed by atoms with Crippen LogP contribution in [0.3, 0.4) is 0 Å².